The standard InChI is InChI=1S/C15H19N3O4S/c1-17-13-5-4-12(8-11(13)9-14(17)19)23(21,22)16-10-15(20)18-6-2-3-7-18/h4-5,8,16H,2-3,6-7,9-10H2,1H3. The molecule has 7 nitrogen and oxygen atoms in total. The van der Waals surface area contributed by atoms with E-state index in [9.17, 15) is 18.0 Å². The molecule has 3 rings (SSSR count). The van der Waals surface area contributed by atoms with Gasteiger partial charge in [-0.15, -0.1) is 0 Å². The summed E-state index contributed by atoms with van der Waals surface area (Å²) in [4.78, 5) is 26.9. The molecule has 1 saturated heterocycles. The predicted molar refractivity (Wildman–Crippen MR) is 84.6 cm³/mol. The Kier molecular flexibility index (Phi) is 4.11. The van der Waals surface area contributed by atoms with Crippen LogP contribution in [0.5, 0.6) is 0 Å². The van der Waals surface area contributed by atoms with E-state index in [1.165, 1.54) is 17.0 Å². The number of sulfonamides is 1. The van der Waals surface area contributed by atoms with Crippen molar-refractivity contribution in [2.24, 2.45) is 0 Å². The van der Waals surface area contributed by atoms with Gasteiger partial charge in [0.05, 0.1) is 17.9 Å². The SMILES string of the molecule is CN1C(=O)Cc2cc(S(=O)(=O)NCC(=O)N3CCCC3)ccc21. The molecule has 0 saturated carbocycles. The van der Waals surface area contributed by atoms with Crippen molar-refractivity contribution in [3.63, 3.8) is 0 Å². The van der Waals surface area contributed by atoms with Gasteiger partial charge in [-0.2, -0.15) is 0 Å². The highest BCUT2D eigenvalue weighted by atomic mass is 32.2. The summed E-state index contributed by atoms with van der Waals surface area (Å²) in [6.45, 7) is 1.14. The highest BCUT2D eigenvalue weighted by Gasteiger charge is 2.27. The summed E-state index contributed by atoms with van der Waals surface area (Å²) in [5.41, 5.74) is 1.41. The molecule has 2 aliphatic heterocycles. The Labute approximate surface area is 135 Å². The first-order chi connectivity index (χ1) is 10.9. The molecule has 0 aliphatic carbocycles. The van der Waals surface area contributed by atoms with Crippen LogP contribution in [0, 0.1) is 0 Å². The zero-order chi connectivity index (χ0) is 16.6. The molecule has 0 atom stereocenters. The first kappa shape index (κ1) is 15.9. The largest absolute Gasteiger partial charge is 0.342 e. The first-order valence-corrected chi connectivity index (χ1v) is 9.04. The van der Waals surface area contributed by atoms with E-state index in [2.05, 4.69) is 4.72 Å². The van der Waals surface area contributed by atoms with Crippen LogP contribution in [0.25, 0.3) is 0 Å². The summed E-state index contributed by atoms with van der Waals surface area (Å²) in [6.07, 6.45) is 2.12. The lowest BCUT2D eigenvalue weighted by Gasteiger charge is -2.16. The van der Waals surface area contributed by atoms with Crippen molar-refractivity contribution < 1.29 is 18.0 Å². The highest BCUT2D eigenvalue weighted by Crippen LogP contribution is 2.29. The Morgan fingerprint density at radius 1 is 1.26 bits per heavy atom. The Balaban J connectivity index is 1.72. The zero-order valence-electron chi connectivity index (χ0n) is 12.9. The van der Waals surface area contributed by atoms with E-state index < -0.39 is 10.0 Å². The van der Waals surface area contributed by atoms with Gasteiger partial charge in [0.25, 0.3) is 0 Å². The Morgan fingerprint density at radius 3 is 2.65 bits per heavy atom. The number of fused-ring (bicyclic) bond motifs is 1. The van der Waals surface area contributed by atoms with Gasteiger partial charge in [-0.05, 0) is 36.6 Å². The third-order valence-electron chi connectivity index (χ3n) is 4.31. The summed E-state index contributed by atoms with van der Waals surface area (Å²) in [5, 5.41) is 0. The van der Waals surface area contributed by atoms with Gasteiger partial charge in [-0.1, -0.05) is 0 Å². The second-order valence-electron chi connectivity index (χ2n) is 5.83. The van der Waals surface area contributed by atoms with Crippen molar-refractivity contribution in [3.8, 4) is 0 Å². The number of amides is 2. The minimum atomic E-state index is -3.77. The van der Waals surface area contributed by atoms with E-state index in [1.807, 2.05) is 0 Å². The number of carbonyl (C=O) groups excluding carboxylic acids is 2. The number of likely N-dealkylation sites (tertiary alicyclic amines) is 1. The van der Waals surface area contributed by atoms with Crippen LogP contribution in [0.2, 0.25) is 0 Å². The van der Waals surface area contributed by atoms with Gasteiger partial charge < -0.3 is 9.80 Å². The second-order valence-corrected chi connectivity index (χ2v) is 7.60. The number of nitrogens with one attached hydrogen (secondary N) is 1. The third-order valence-corrected chi connectivity index (χ3v) is 5.71. The molecule has 2 heterocycles. The van der Waals surface area contributed by atoms with Crippen LogP contribution in [-0.4, -0.2) is 51.8 Å². The van der Waals surface area contributed by atoms with Crippen LogP contribution in [-0.2, 0) is 26.0 Å². The minimum Gasteiger partial charge on any atom is -0.342 e. The molecule has 1 fully saturated rings. The molecular weight excluding hydrogens is 318 g/mol. The zero-order valence-corrected chi connectivity index (χ0v) is 13.7. The quantitative estimate of drug-likeness (QED) is 0.845. The lowest BCUT2D eigenvalue weighted by Crippen LogP contribution is -2.38. The maximum absolute atomic E-state index is 12.3. The number of benzene rings is 1. The molecule has 23 heavy (non-hydrogen) atoms. The van der Waals surface area contributed by atoms with Crippen LogP contribution in [0.3, 0.4) is 0 Å². The summed E-state index contributed by atoms with van der Waals surface area (Å²) in [7, 11) is -2.11. The lowest BCUT2D eigenvalue weighted by molar-refractivity contribution is -0.128. The van der Waals surface area contributed by atoms with E-state index in [0.717, 1.165) is 18.5 Å². The van der Waals surface area contributed by atoms with Gasteiger partial charge in [0.2, 0.25) is 21.8 Å². The molecule has 0 aromatic heterocycles. The van der Waals surface area contributed by atoms with Crippen LogP contribution in [0.1, 0.15) is 18.4 Å². The monoisotopic (exact) mass is 337 g/mol. The maximum atomic E-state index is 12.3. The van der Waals surface area contributed by atoms with Crippen molar-refractivity contribution >= 4 is 27.5 Å². The molecule has 2 amide bonds. The number of anilines is 1. The number of carbonyl (C=O) groups is 2. The summed E-state index contributed by atoms with van der Waals surface area (Å²) < 4.78 is 27.0. The first-order valence-electron chi connectivity index (χ1n) is 7.55. The van der Waals surface area contributed by atoms with Crippen molar-refractivity contribution in [2.75, 3.05) is 31.6 Å². The van der Waals surface area contributed by atoms with E-state index in [0.29, 0.717) is 18.7 Å². The molecule has 1 N–H and O–H groups in total. The minimum absolute atomic E-state index is 0.0632. The Bertz CT molecular complexity index is 754. The number of likely N-dealkylation sites (N-methyl/N-ethyl adjacent to an activating group) is 1. The number of hydrogen-bond acceptors (Lipinski definition) is 4. The van der Waals surface area contributed by atoms with Crippen LogP contribution >= 0.6 is 0 Å². The number of nitrogens with zero attached hydrogens (tertiary/aromatic N) is 2. The highest BCUT2D eigenvalue weighted by molar-refractivity contribution is 7.89. The maximum Gasteiger partial charge on any atom is 0.241 e. The van der Waals surface area contributed by atoms with E-state index in [4.69, 9.17) is 0 Å². The van der Waals surface area contributed by atoms with Crippen LogP contribution < -0.4 is 9.62 Å². The van der Waals surface area contributed by atoms with Gasteiger partial charge in [0, 0.05) is 25.8 Å². The number of rotatable bonds is 4. The van der Waals surface area contributed by atoms with Gasteiger partial charge >= 0.3 is 0 Å². The van der Waals surface area contributed by atoms with E-state index in [1.54, 1.807) is 18.0 Å². The average molecular weight is 337 g/mol. The van der Waals surface area contributed by atoms with E-state index in [-0.39, 0.29) is 29.7 Å². The molecule has 0 spiro atoms. The van der Waals surface area contributed by atoms with E-state index >= 15 is 0 Å². The van der Waals surface area contributed by atoms with Gasteiger partial charge in [0.1, 0.15) is 0 Å². The predicted octanol–water partition coefficient (Wildman–Crippen LogP) is 0.106. The van der Waals surface area contributed by atoms with Gasteiger partial charge in [-0.3, -0.25) is 9.59 Å². The van der Waals surface area contributed by atoms with Crippen molar-refractivity contribution in [1.82, 2.24) is 9.62 Å². The fourth-order valence-electron chi connectivity index (χ4n) is 2.93. The molecule has 124 valence electrons. The summed E-state index contributed by atoms with van der Waals surface area (Å²) in [5.74, 6) is -0.270. The van der Waals surface area contributed by atoms with Gasteiger partial charge in [-0.25, -0.2) is 13.1 Å². The smallest absolute Gasteiger partial charge is 0.241 e. The van der Waals surface area contributed by atoms with Crippen molar-refractivity contribution in [3.05, 3.63) is 23.8 Å². The fourth-order valence-corrected chi connectivity index (χ4v) is 3.96. The molecular formula is C15H19N3O4S. The number of hydrogen-bond donors (Lipinski definition) is 1. The Hall–Kier alpha value is -1.93. The van der Waals surface area contributed by atoms with Crippen LogP contribution in [0.15, 0.2) is 23.1 Å². The molecule has 0 radical (unpaired) electrons. The lowest BCUT2D eigenvalue weighted by atomic mass is 10.2. The molecule has 2 aliphatic rings. The molecule has 0 unspecified atom stereocenters. The topological polar surface area (TPSA) is 86.8 Å². The normalized spacial score (nSPS) is 17.7. The molecule has 1 aromatic carbocycles. The molecule has 1 aromatic rings. The Morgan fingerprint density at radius 2 is 1.96 bits per heavy atom. The average Bonchev–Trinajstić information content (AvgIpc) is 3.14. The fraction of sp³-hybridized carbons (Fsp3) is 0.467. The molecule has 8 heteroatoms. The van der Waals surface area contributed by atoms with Crippen molar-refractivity contribution in [1.29, 1.82) is 0 Å². The summed E-state index contributed by atoms with van der Waals surface area (Å²) in [6, 6.07) is 4.58. The second kappa shape index (κ2) is 5.93. The third kappa shape index (κ3) is 3.09. The van der Waals surface area contributed by atoms with Gasteiger partial charge in [0.15, 0.2) is 0 Å². The molecule has 0 bridgehead atoms. The van der Waals surface area contributed by atoms with Crippen molar-refractivity contribution in [2.45, 2.75) is 24.2 Å². The van der Waals surface area contributed by atoms with Crippen LogP contribution in [0.4, 0.5) is 5.69 Å². The summed E-state index contributed by atoms with van der Waals surface area (Å²) >= 11 is 0.